The lowest BCUT2D eigenvalue weighted by Gasteiger charge is -2.15. The van der Waals surface area contributed by atoms with E-state index in [1.165, 1.54) is 6.92 Å². The van der Waals surface area contributed by atoms with Crippen LogP contribution in [-0.2, 0) is 0 Å². The van der Waals surface area contributed by atoms with Gasteiger partial charge in [0.25, 0.3) is 0 Å². The summed E-state index contributed by atoms with van der Waals surface area (Å²) in [7, 11) is 0. The minimum absolute atomic E-state index is 0.00343. The maximum Gasteiger partial charge on any atom is 0.319 e. The lowest BCUT2D eigenvalue weighted by molar-refractivity contribution is 0.101. The molecule has 4 heteroatoms. The number of carbonyl (C=O) groups is 2. The molecule has 108 valence electrons. The highest BCUT2D eigenvalue weighted by Gasteiger charge is 2.09. The SMILES string of the molecule is CC(=O)c1ccc(NC(=O)N[C@H](C)c2ccccc2)cc1. The third-order valence-corrected chi connectivity index (χ3v) is 3.20. The Morgan fingerprint density at radius 1 is 0.952 bits per heavy atom. The summed E-state index contributed by atoms with van der Waals surface area (Å²) in [6.07, 6.45) is 0. The molecule has 2 aromatic rings. The van der Waals surface area contributed by atoms with E-state index in [2.05, 4.69) is 10.6 Å². The van der Waals surface area contributed by atoms with Crippen molar-refractivity contribution in [3.8, 4) is 0 Å². The van der Waals surface area contributed by atoms with E-state index < -0.39 is 0 Å². The highest BCUT2D eigenvalue weighted by atomic mass is 16.2. The number of ketones is 1. The third kappa shape index (κ3) is 4.18. The zero-order chi connectivity index (χ0) is 15.2. The average Bonchev–Trinajstić information content (AvgIpc) is 2.48. The van der Waals surface area contributed by atoms with Crippen LogP contribution in [0.1, 0.15) is 35.8 Å². The predicted molar refractivity (Wildman–Crippen MR) is 83.5 cm³/mol. The molecule has 21 heavy (non-hydrogen) atoms. The second-order valence-corrected chi connectivity index (χ2v) is 4.86. The zero-order valence-corrected chi connectivity index (χ0v) is 12.1. The molecule has 0 spiro atoms. The molecule has 2 aromatic carbocycles. The van der Waals surface area contributed by atoms with E-state index >= 15 is 0 Å². The third-order valence-electron chi connectivity index (χ3n) is 3.20. The second-order valence-electron chi connectivity index (χ2n) is 4.86. The van der Waals surface area contributed by atoms with E-state index in [9.17, 15) is 9.59 Å². The number of rotatable bonds is 4. The van der Waals surface area contributed by atoms with Gasteiger partial charge in [0.2, 0.25) is 0 Å². The van der Waals surface area contributed by atoms with E-state index in [-0.39, 0.29) is 17.9 Å². The van der Waals surface area contributed by atoms with Gasteiger partial charge in [0.15, 0.2) is 5.78 Å². The van der Waals surface area contributed by atoms with Crippen molar-refractivity contribution >= 4 is 17.5 Å². The van der Waals surface area contributed by atoms with Crippen LogP contribution in [0.15, 0.2) is 54.6 Å². The Morgan fingerprint density at radius 3 is 2.14 bits per heavy atom. The van der Waals surface area contributed by atoms with Crippen molar-refractivity contribution < 1.29 is 9.59 Å². The number of anilines is 1. The van der Waals surface area contributed by atoms with E-state index in [4.69, 9.17) is 0 Å². The lowest BCUT2D eigenvalue weighted by Crippen LogP contribution is -2.31. The van der Waals surface area contributed by atoms with Gasteiger partial charge in [-0.05, 0) is 43.7 Å². The summed E-state index contributed by atoms with van der Waals surface area (Å²) in [5, 5.41) is 5.61. The molecule has 2 rings (SSSR count). The highest BCUT2D eigenvalue weighted by Crippen LogP contribution is 2.13. The van der Waals surface area contributed by atoms with Crippen molar-refractivity contribution in [1.29, 1.82) is 0 Å². The standard InChI is InChI=1S/C17H18N2O2/c1-12(14-6-4-3-5-7-14)18-17(21)19-16-10-8-15(9-11-16)13(2)20/h3-12H,1-2H3,(H2,18,19,21)/t12-/m1/s1. The van der Waals surface area contributed by atoms with Gasteiger partial charge in [-0.3, -0.25) is 4.79 Å². The van der Waals surface area contributed by atoms with E-state index in [1.54, 1.807) is 24.3 Å². The quantitative estimate of drug-likeness (QED) is 0.839. The fraction of sp³-hybridized carbons (Fsp3) is 0.176. The van der Waals surface area contributed by atoms with Crippen molar-refractivity contribution in [2.24, 2.45) is 0 Å². The first-order chi connectivity index (χ1) is 10.1. The molecule has 0 aliphatic heterocycles. The number of carbonyl (C=O) groups excluding carboxylic acids is 2. The van der Waals surface area contributed by atoms with Crippen LogP contribution in [0.4, 0.5) is 10.5 Å². The number of hydrogen-bond acceptors (Lipinski definition) is 2. The molecule has 0 fully saturated rings. The summed E-state index contributed by atoms with van der Waals surface area (Å²) < 4.78 is 0. The molecule has 2 amide bonds. The van der Waals surface area contributed by atoms with Crippen molar-refractivity contribution in [2.75, 3.05) is 5.32 Å². The molecule has 0 saturated heterocycles. The minimum atomic E-state index is -0.276. The molecular formula is C17H18N2O2. The molecule has 0 aliphatic rings. The van der Waals surface area contributed by atoms with Crippen molar-refractivity contribution in [3.63, 3.8) is 0 Å². The Hall–Kier alpha value is -2.62. The van der Waals surface area contributed by atoms with Crippen LogP contribution in [0.25, 0.3) is 0 Å². The largest absolute Gasteiger partial charge is 0.331 e. The molecular weight excluding hydrogens is 264 g/mol. The van der Waals surface area contributed by atoms with Crippen LogP contribution in [-0.4, -0.2) is 11.8 Å². The van der Waals surface area contributed by atoms with Crippen LogP contribution in [0.5, 0.6) is 0 Å². The number of amides is 2. The van der Waals surface area contributed by atoms with Gasteiger partial charge in [-0.25, -0.2) is 4.79 Å². The minimum Gasteiger partial charge on any atom is -0.331 e. The summed E-state index contributed by atoms with van der Waals surface area (Å²) in [4.78, 5) is 23.1. The summed E-state index contributed by atoms with van der Waals surface area (Å²) in [5.74, 6) is 0.00343. The van der Waals surface area contributed by atoms with Gasteiger partial charge < -0.3 is 10.6 Å². The molecule has 0 unspecified atom stereocenters. The van der Waals surface area contributed by atoms with Gasteiger partial charge in [-0.1, -0.05) is 30.3 Å². The normalized spacial score (nSPS) is 11.5. The number of Topliss-reactive ketones (excluding diaryl/α,β-unsaturated/α-hetero) is 1. The Kier molecular flexibility index (Phi) is 4.72. The Morgan fingerprint density at radius 2 is 1.57 bits per heavy atom. The fourth-order valence-corrected chi connectivity index (χ4v) is 1.98. The molecule has 0 radical (unpaired) electrons. The summed E-state index contributed by atoms with van der Waals surface area (Å²) >= 11 is 0. The zero-order valence-electron chi connectivity index (χ0n) is 12.1. The first-order valence-electron chi connectivity index (χ1n) is 6.79. The topological polar surface area (TPSA) is 58.2 Å². The average molecular weight is 282 g/mol. The van der Waals surface area contributed by atoms with Crippen LogP contribution in [0.2, 0.25) is 0 Å². The number of hydrogen-bond donors (Lipinski definition) is 2. The monoisotopic (exact) mass is 282 g/mol. The molecule has 0 aromatic heterocycles. The van der Waals surface area contributed by atoms with Gasteiger partial charge >= 0.3 is 6.03 Å². The molecule has 1 atom stereocenters. The fourth-order valence-electron chi connectivity index (χ4n) is 1.98. The Labute approximate surface area is 124 Å². The molecule has 0 aliphatic carbocycles. The summed E-state index contributed by atoms with van der Waals surface area (Å²) in [6, 6.07) is 16.2. The Bertz CT molecular complexity index is 621. The highest BCUT2D eigenvalue weighted by molar-refractivity contribution is 5.95. The van der Waals surface area contributed by atoms with Crippen LogP contribution < -0.4 is 10.6 Å². The van der Waals surface area contributed by atoms with Gasteiger partial charge in [0, 0.05) is 11.3 Å². The van der Waals surface area contributed by atoms with Crippen molar-refractivity contribution in [3.05, 3.63) is 65.7 Å². The first-order valence-corrected chi connectivity index (χ1v) is 6.79. The first kappa shape index (κ1) is 14.8. The summed E-state index contributed by atoms with van der Waals surface area (Å²) in [5.41, 5.74) is 2.32. The smallest absolute Gasteiger partial charge is 0.319 e. The van der Waals surface area contributed by atoms with E-state index in [0.29, 0.717) is 11.3 Å². The van der Waals surface area contributed by atoms with Crippen LogP contribution in [0, 0.1) is 0 Å². The number of urea groups is 1. The second kappa shape index (κ2) is 6.70. The molecule has 2 N–H and O–H groups in total. The molecule has 0 saturated carbocycles. The van der Waals surface area contributed by atoms with E-state index in [1.807, 2.05) is 37.3 Å². The van der Waals surface area contributed by atoms with Crippen LogP contribution in [0.3, 0.4) is 0 Å². The van der Waals surface area contributed by atoms with Crippen molar-refractivity contribution in [2.45, 2.75) is 19.9 Å². The van der Waals surface area contributed by atoms with Crippen LogP contribution >= 0.6 is 0 Å². The van der Waals surface area contributed by atoms with Crippen molar-refractivity contribution in [1.82, 2.24) is 5.32 Å². The molecule has 0 bridgehead atoms. The molecule has 0 heterocycles. The number of benzene rings is 2. The summed E-state index contributed by atoms with van der Waals surface area (Å²) in [6.45, 7) is 3.43. The van der Waals surface area contributed by atoms with Gasteiger partial charge in [0.05, 0.1) is 6.04 Å². The van der Waals surface area contributed by atoms with Gasteiger partial charge in [-0.15, -0.1) is 0 Å². The Balaban J connectivity index is 1.94. The number of nitrogens with one attached hydrogen (secondary N) is 2. The van der Waals surface area contributed by atoms with Gasteiger partial charge in [0.1, 0.15) is 0 Å². The predicted octanol–water partition coefficient (Wildman–Crippen LogP) is 3.77. The maximum atomic E-state index is 11.9. The lowest BCUT2D eigenvalue weighted by atomic mass is 10.1. The van der Waals surface area contributed by atoms with E-state index in [0.717, 1.165) is 5.56 Å². The maximum absolute atomic E-state index is 11.9. The molecule has 4 nitrogen and oxygen atoms in total. The van der Waals surface area contributed by atoms with Gasteiger partial charge in [-0.2, -0.15) is 0 Å².